The highest BCUT2D eigenvalue weighted by molar-refractivity contribution is 6.33. The second-order valence-corrected chi connectivity index (χ2v) is 6.56. The van der Waals surface area contributed by atoms with E-state index in [-0.39, 0.29) is 17.5 Å². The summed E-state index contributed by atoms with van der Waals surface area (Å²) >= 11 is 6.19. The number of esters is 1. The number of carboxylic acid groups (broad SMARTS) is 1. The number of carbonyl (C=O) groups is 2. The Morgan fingerprint density at radius 3 is 2.61 bits per heavy atom. The molecular formula is C19H17ClN2O6. The van der Waals surface area contributed by atoms with Crippen LogP contribution < -0.4 is 5.56 Å². The van der Waals surface area contributed by atoms with E-state index in [2.05, 4.69) is 10.2 Å². The predicted octanol–water partition coefficient (Wildman–Crippen LogP) is 3.32. The van der Waals surface area contributed by atoms with Crippen LogP contribution in [-0.4, -0.2) is 34.4 Å². The number of rotatable bonds is 6. The average Bonchev–Trinajstić information content (AvgIpc) is 3.27. The second-order valence-electron chi connectivity index (χ2n) is 6.15. The number of hydrogen-bond acceptors (Lipinski definition) is 5. The molecule has 0 radical (unpaired) electrons. The molecular weight excluding hydrogens is 388 g/mol. The molecule has 2 aromatic heterocycles. The van der Waals surface area contributed by atoms with Crippen LogP contribution in [0.15, 0.2) is 39.5 Å². The number of aryl methyl sites for hydroxylation is 1. The number of halogens is 1. The number of H-pyrrole nitrogens is 2. The van der Waals surface area contributed by atoms with Crippen LogP contribution in [0, 0.1) is 6.92 Å². The minimum atomic E-state index is -1.09. The summed E-state index contributed by atoms with van der Waals surface area (Å²) in [5.74, 6) is -1.61. The van der Waals surface area contributed by atoms with E-state index in [0.29, 0.717) is 33.4 Å². The molecule has 28 heavy (non-hydrogen) atoms. The number of carboxylic acids is 1. The first kappa shape index (κ1) is 19.5. The van der Waals surface area contributed by atoms with Crippen molar-refractivity contribution >= 4 is 23.5 Å². The van der Waals surface area contributed by atoms with Crippen molar-refractivity contribution in [2.75, 3.05) is 7.11 Å². The number of aromatic carboxylic acids is 1. The molecule has 2 heterocycles. The normalized spacial score (nSPS) is 12.0. The Morgan fingerprint density at radius 2 is 2.00 bits per heavy atom. The van der Waals surface area contributed by atoms with Gasteiger partial charge in [-0.15, -0.1) is 0 Å². The molecule has 1 atom stereocenters. The minimum Gasteiger partial charge on any atom is -0.478 e. The lowest BCUT2D eigenvalue weighted by molar-refractivity contribution is -0.140. The Hall–Kier alpha value is -3.26. The Labute approximate surface area is 164 Å². The van der Waals surface area contributed by atoms with Crippen LogP contribution in [0.3, 0.4) is 0 Å². The van der Waals surface area contributed by atoms with Gasteiger partial charge in [0.15, 0.2) is 0 Å². The van der Waals surface area contributed by atoms with Crippen molar-refractivity contribution in [3.05, 3.63) is 68.3 Å². The highest BCUT2D eigenvalue weighted by atomic mass is 35.5. The Kier molecular flexibility index (Phi) is 5.41. The van der Waals surface area contributed by atoms with Gasteiger partial charge in [-0.25, -0.2) is 4.79 Å². The number of benzene rings is 1. The summed E-state index contributed by atoms with van der Waals surface area (Å²) in [6, 6.07) is 7.49. The van der Waals surface area contributed by atoms with E-state index in [4.69, 9.17) is 20.8 Å². The zero-order chi connectivity index (χ0) is 20.4. The van der Waals surface area contributed by atoms with Crippen molar-refractivity contribution in [3.8, 4) is 11.3 Å². The number of hydrogen-bond donors (Lipinski definition) is 3. The highest BCUT2D eigenvalue weighted by Gasteiger charge is 2.27. The molecule has 0 saturated carbocycles. The molecule has 1 unspecified atom stereocenters. The summed E-state index contributed by atoms with van der Waals surface area (Å²) in [6.07, 6.45) is -0.103. The molecule has 8 nitrogen and oxygen atoms in total. The van der Waals surface area contributed by atoms with Crippen molar-refractivity contribution in [2.45, 2.75) is 19.3 Å². The number of ether oxygens (including phenoxy) is 1. The van der Waals surface area contributed by atoms with E-state index >= 15 is 0 Å². The summed E-state index contributed by atoms with van der Waals surface area (Å²) in [5.41, 5.74) is 1.01. The van der Waals surface area contributed by atoms with Gasteiger partial charge in [0.25, 0.3) is 5.56 Å². The molecule has 0 fully saturated rings. The van der Waals surface area contributed by atoms with E-state index in [1.165, 1.54) is 25.3 Å². The van der Waals surface area contributed by atoms with Crippen molar-refractivity contribution in [1.29, 1.82) is 0 Å². The van der Waals surface area contributed by atoms with Gasteiger partial charge in [-0.1, -0.05) is 11.6 Å². The maximum atomic E-state index is 12.2. The minimum absolute atomic E-state index is 0.0568. The summed E-state index contributed by atoms with van der Waals surface area (Å²) < 4.78 is 10.6. The number of nitrogens with one attached hydrogen (secondary N) is 2. The maximum absolute atomic E-state index is 12.2. The lowest BCUT2D eigenvalue weighted by Gasteiger charge is -2.12. The molecule has 0 aliphatic carbocycles. The number of aromatic amines is 2. The first-order valence-corrected chi connectivity index (χ1v) is 8.66. The van der Waals surface area contributed by atoms with Crippen LogP contribution in [0.25, 0.3) is 11.3 Å². The third-order valence-electron chi connectivity index (χ3n) is 4.41. The van der Waals surface area contributed by atoms with E-state index in [0.717, 1.165) is 0 Å². The second kappa shape index (κ2) is 7.77. The zero-order valence-electron chi connectivity index (χ0n) is 15.0. The fourth-order valence-electron chi connectivity index (χ4n) is 3.00. The van der Waals surface area contributed by atoms with Crippen LogP contribution in [0.2, 0.25) is 5.02 Å². The zero-order valence-corrected chi connectivity index (χ0v) is 15.8. The molecule has 146 valence electrons. The van der Waals surface area contributed by atoms with Crippen LogP contribution in [-0.2, 0) is 9.53 Å². The standard InChI is InChI=1S/C19H17ClN2O6/c1-9-17(18(24)22-21-9)12(8-16(23)27-2)15-6-5-14(28-15)11-7-10(19(25)26)3-4-13(11)20/h3-7,12H,8H2,1-2H3,(H,25,26)(H2,21,22,24). The molecule has 0 aliphatic heterocycles. The van der Waals surface area contributed by atoms with Crippen molar-refractivity contribution < 1.29 is 23.8 Å². The fraction of sp³-hybridized carbons (Fsp3) is 0.211. The largest absolute Gasteiger partial charge is 0.478 e. The molecule has 3 rings (SSSR count). The number of carbonyl (C=O) groups excluding carboxylic acids is 1. The van der Waals surface area contributed by atoms with Crippen LogP contribution in [0.4, 0.5) is 0 Å². The van der Waals surface area contributed by atoms with Crippen LogP contribution in [0.1, 0.15) is 39.7 Å². The SMILES string of the molecule is COC(=O)CC(c1ccc(-c2cc(C(=O)O)ccc2Cl)o1)c1c(C)[nH][nH]c1=O. The highest BCUT2D eigenvalue weighted by Crippen LogP contribution is 2.35. The third-order valence-corrected chi connectivity index (χ3v) is 4.74. The van der Waals surface area contributed by atoms with Gasteiger partial charge in [-0.05, 0) is 37.3 Å². The summed E-state index contributed by atoms with van der Waals surface area (Å²) in [7, 11) is 1.26. The predicted molar refractivity (Wildman–Crippen MR) is 101 cm³/mol. The fourth-order valence-corrected chi connectivity index (χ4v) is 3.21. The quantitative estimate of drug-likeness (QED) is 0.541. The van der Waals surface area contributed by atoms with Gasteiger partial charge in [0.2, 0.25) is 0 Å². The third kappa shape index (κ3) is 3.72. The summed E-state index contributed by atoms with van der Waals surface area (Å²) in [4.78, 5) is 35.3. The van der Waals surface area contributed by atoms with Crippen LogP contribution >= 0.6 is 11.6 Å². The van der Waals surface area contributed by atoms with Gasteiger partial charge in [0, 0.05) is 11.3 Å². The smallest absolute Gasteiger partial charge is 0.335 e. The van der Waals surface area contributed by atoms with Gasteiger partial charge < -0.3 is 19.4 Å². The number of aromatic nitrogens is 2. The number of furan rings is 1. The monoisotopic (exact) mass is 404 g/mol. The lowest BCUT2D eigenvalue weighted by Crippen LogP contribution is -2.16. The summed E-state index contributed by atoms with van der Waals surface area (Å²) in [5, 5.41) is 14.7. The van der Waals surface area contributed by atoms with E-state index in [1.54, 1.807) is 19.1 Å². The Morgan fingerprint density at radius 1 is 1.25 bits per heavy atom. The average molecular weight is 405 g/mol. The maximum Gasteiger partial charge on any atom is 0.335 e. The molecule has 1 aromatic carbocycles. The molecule has 0 aliphatic rings. The molecule has 3 aromatic rings. The lowest BCUT2D eigenvalue weighted by atomic mass is 9.93. The first-order chi connectivity index (χ1) is 13.3. The molecule has 0 bridgehead atoms. The van der Waals surface area contributed by atoms with Crippen molar-refractivity contribution in [2.24, 2.45) is 0 Å². The van der Waals surface area contributed by atoms with Gasteiger partial charge >= 0.3 is 11.9 Å². The molecule has 0 spiro atoms. The van der Waals surface area contributed by atoms with Gasteiger partial charge in [0.05, 0.1) is 35.6 Å². The molecule has 3 N–H and O–H groups in total. The first-order valence-electron chi connectivity index (χ1n) is 8.28. The van der Waals surface area contributed by atoms with Crippen molar-refractivity contribution in [1.82, 2.24) is 10.2 Å². The van der Waals surface area contributed by atoms with E-state index in [1.807, 2.05) is 0 Å². The van der Waals surface area contributed by atoms with Gasteiger partial charge in [0.1, 0.15) is 11.5 Å². The topological polar surface area (TPSA) is 125 Å². The molecule has 9 heteroatoms. The van der Waals surface area contributed by atoms with E-state index in [9.17, 15) is 19.5 Å². The van der Waals surface area contributed by atoms with E-state index < -0.39 is 17.9 Å². The summed E-state index contributed by atoms with van der Waals surface area (Å²) in [6.45, 7) is 1.70. The van der Waals surface area contributed by atoms with Gasteiger partial charge in [-0.3, -0.25) is 14.7 Å². The Balaban J connectivity index is 2.07. The Bertz CT molecular complexity index is 1090. The van der Waals surface area contributed by atoms with Crippen molar-refractivity contribution in [3.63, 3.8) is 0 Å². The number of methoxy groups -OCH3 is 1. The van der Waals surface area contributed by atoms with Gasteiger partial charge in [-0.2, -0.15) is 0 Å². The molecule has 0 saturated heterocycles. The van der Waals surface area contributed by atoms with Crippen LogP contribution in [0.5, 0.6) is 0 Å². The molecule has 0 amide bonds.